The van der Waals surface area contributed by atoms with Crippen molar-refractivity contribution in [3.8, 4) is 0 Å². The Bertz CT molecular complexity index is 477. The Balaban J connectivity index is 2.82. The van der Waals surface area contributed by atoms with Crippen molar-refractivity contribution in [1.82, 2.24) is 5.32 Å². The first-order chi connectivity index (χ1) is 9.24. The minimum atomic E-state index is -0.780. The molecule has 20 heavy (non-hydrogen) atoms. The second-order valence-corrected chi connectivity index (χ2v) is 5.63. The normalized spacial score (nSPS) is 12.7. The van der Waals surface area contributed by atoms with Crippen molar-refractivity contribution < 1.29 is 18.7 Å². The molecule has 0 fully saturated rings. The molecular weight excluding hydrogens is 261 g/mol. The highest BCUT2D eigenvalue weighted by Crippen LogP contribution is 2.14. The molecule has 0 aliphatic carbocycles. The summed E-state index contributed by atoms with van der Waals surface area (Å²) in [7, 11) is 1.27. The number of ether oxygens (including phenoxy) is 1. The van der Waals surface area contributed by atoms with Crippen molar-refractivity contribution in [1.29, 1.82) is 0 Å². The molecule has 0 radical (unpaired) electrons. The van der Waals surface area contributed by atoms with Gasteiger partial charge in [-0.05, 0) is 17.7 Å². The van der Waals surface area contributed by atoms with Gasteiger partial charge in [-0.2, -0.15) is 0 Å². The molecule has 0 bridgehead atoms. The number of amides is 1. The van der Waals surface area contributed by atoms with E-state index in [2.05, 4.69) is 5.32 Å². The molecule has 1 rings (SSSR count). The molecule has 0 aliphatic rings. The number of halogens is 1. The molecule has 1 N–H and O–H groups in total. The van der Waals surface area contributed by atoms with E-state index in [1.54, 1.807) is 32.9 Å². The van der Waals surface area contributed by atoms with Crippen LogP contribution in [0.5, 0.6) is 0 Å². The zero-order chi connectivity index (χ0) is 15.3. The Hall–Kier alpha value is -1.91. The van der Waals surface area contributed by atoms with E-state index in [1.165, 1.54) is 19.2 Å². The van der Waals surface area contributed by atoms with E-state index < -0.39 is 17.4 Å². The van der Waals surface area contributed by atoms with Crippen LogP contribution in [0.4, 0.5) is 4.39 Å². The third kappa shape index (κ3) is 4.64. The van der Waals surface area contributed by atoms with Crippen LogP contribution >= 0.6 is 0 Å². The van der Waals surface area contributed by atoms with Crippen LogP contribution in [0.25, 0.3) is 0 Å². The largest absolute Gasteiger partial charge is 0.467 e. The molecule has 1 amide bonds. The fourth-order valence-electron chi connectivity index (χ4n) is 1.57. The third-order valence-corrected chi connectivity index (χ3v) is 2.83. The summed E-state index contributed by atoms with van der Waals surface area (Å²) in [6.45, 7) is 5.28. The average molecular weight is 281 g/mol. The SMILES string of the molecule is COC(=O)[C@@H](Cc1ccc(F)cc1)NC(=O)C(C)(C)C. The number of carbonyl (C=O) groups excluding carboxylic acids is 2. The van der Waals surface area contributed by atoms with Crippen LogP contribution in [0.1, 0.15) is 26.3 Å². The molecule has 1 atom stereocenters. The zero-order valence-corrected chi connectivity index (χ0v) is 12.2. The molecule has 110 valence electrons. The van der Waals surface area contributed by atoms with Gasteiger partial charge in [-0.3, -0.25) is 4.79 Å². The number of hydrogen-bond donors (Lipinski definition) is 1. The lowest BCUT2D eigenvalue weighted by Gasteiger charge is -2.23. The first-order valence-electron chi connectivity index (χ1n) is 6.37. The van der Waals surface area contributed by atoms with Crippen molar-refractivity contribution in [3.05, 3.63) is 35.6 Å². The maximum atomic E-state index is 12.9. The maximum absolute atomic E-state index is 12.9. The summed E-state index contributed by atoms with van der Waals surface area (Å²) in [6.07, 6.45) is 0.259. The second kappa shape index (κ2) is 6.50. The predicted molar refractivity (Wildman–Crippen MR) is 73.5 cm³/mol. The lowest BCUT2D eigenvalue weighted by Crippen LogP contribution is -2.47. The Morgan fingerprint density at radius 2 is 1.80 bits per heavy atom. The number of rotatable bonds is 4. The molecule has 0 unspecified atom stereocenters. The van der Waals surface area contributed by atoms with Gasteiger partial charge in [0.15, 0.2) is 0 Å². The predicted octanol–water partition coefficient (Wildman–Crippen LogP) is 2.07. The Morgan fingerprint density at radius 1 is 1.25 bits per heavy atom. The molecular formula is C15H20FNO3. The van der Waals surface area contributed by atoms with E-state index in [0.717, 1.165) is 5.56 Å². The minimum Gasteiger partial charge on any atom is -0.467 e. The topological polar surface area (TPSA) is 55.4 Å². The monoisotopic (exact) mass is 281 g/mol. The van der Waals surface area contributed by atoms with Crippen molar-refractivity contribution in [2.45, 2.75) is 33.2 Å². The Kier molecular flexibility index (Phi) is 5.25. The number of esters is 1. The minimum absolute atomic E-state index is 0.241. The van der Waals surface area contributed by atoms with E-state index in [-0.39, 0.29) is 18.1 Å². The van der Waals surface area contributed by atoms with Crippen molar-refractivity contribution in [2.24, 2.45) is 5.41 Å². The van der Waals surface area contributed by atoms with E-state index in [4.69, 9.17) is 4.74 Å². The molecule has 0 aliphatic heterocycles. The summed E-state index contributed by atoms with van der Waals surface area (Å²) in [5, 5.41) is 2.66. The average Bonchev–Trinajstić information content (AvgIpc) is 2.38. The number of carbonyl (C=O) groups is 2. The molecule has 0 saturated carbocycles. The highest BCUT2D eigenvalue weighted by molar-refractivity contribution is 5.87. The van der Waals surface area contributed by atoms with E-state index in [1.807, 2.05) is 0 Å². The van der Waals surface area contributed by atoms with Crippen LogP contribution in [-0.2, 0) is 20.7 Å². The second-order valence-electron chi connectivity index (χ2n) is 5.63. The molecule has 5 heteroatoms. The zero-order valence-electron chi connectivity index (χ0n) is 12.2. The van der Waals surface area contributed by atoms with Gasteiger partial charge in [0.05, 0.1) is 7.11 Å². The van der Waals surface area contributed by atoms with E-state index in [0.29, 0.717) is 0 Å². The number of hydrogen-bond acceptors (Lipinski definition) is 3. The molecule has 0 heterocycles. The molecule has 0 aromatic heterocycles. The molecule has 1 aromatic carbocycles. The van der Waals surface area contributed by atoms with Gasteiger partial charge in [0.25, 0.3) is 0 Å². The van der Waals surface area contributed by atoms with Crippen molar-refractivity contribution in [2.75, 3.05) is 7.11 Å². The van der Waals surface area contributed by atoms with Crippen LogP contribution in [0.15, 0.2) is 24.3 Å². The van der Waals surface area contributed by atoms with Gasteiger partial charge in [-0.25, -0.2) is 9.18 Å². The van der Waals surface area contributed by atoms with Gasteiger partial charge in [0.1, 0.15) is 11.9 Å². The Morgan fingerprint density at radius 3 is 2.25 bits per heavy atom. The highest BCUT2D eigenvalue weighted by atomic mass is 19.1. The van der Waals surface area contributed by atoms with Crippen LogP contribution in [0.3, 0.4) is 0 Å². The van der Waals surface area contributed by atoms with Crippen LogP contribution in [-0.4, -0.2) is 25.0 Å². The lowest BCUT2D eigenvalue weighted by atomic mass is 9.94. The molecule has 1 aromatic rings. The van der Waals surface area contributed by atoms with E-state index >= 15 is 0 Å². The van der Waals surface area contributed by atoms with Crippen molar-refractivity contribution in [3.63, 3.8) is 0 Å². The Labute approximate surface area is 118 Å². The molecule has 4 nitrogen and oxygen atoms in total. The summed E-state index contributed by atoms with van der Waals surface area (Å²) in [5.74, 6) is -1.11. The van der Waals surface area contributed by atoms with E-state index in [9.17, 15) is 14.0 Å². The summed E-state index contributed by atoms with van der Waals surface area (Å²) in [4.78, 5) is 23.7. The van der Waals surface area contributed by atoms with Gasteiger partial charge in [-0.1, -0.05) is 32.9 Å². The molecule has 0 saturated heterocycles. The third-order valence-electron chi connectivity index (χ3n) is 2.83. The summed E-state index contributed by atoms with van der Waals surface area (Å²) >= 11 is 0. The summed E-state index contributed by atoms with van der Waals surface area (Å²) in [6, 6.07) is 5.00. The standard InChI is InChI=1S/C15H20FNO3/c1-15(2,3)14(19)17-12(13(18)20-4)9-10-5-7-11(16)8-6-10/h5-8,12H,9H2,1-4H3,(H,17,19)/t12-/m1/s1. The van der Waals surface area contributed by atoms with Crippen LogP contribution < -0.4 is 5.32 Å². The van der Waals surface area contributed by atoms with Gasteiger partial charge in [0.2, 0.25) is 5.91 Å². The fourth-order valence-corrected chi connectivity index (χ4v) is 1.57. The summed E-state index contributed by atoms with van der Waals surface area (Å²) < 4.78 is 17.5. The van der Waals surface area contributed by atoms with Crippen LogP contribution in [0.2, 0.25) is 0 Å². The fraction of sp³-hybridized carbons (Fsp3) is 0.467. The summed E-state index contributed by atoms with van der Waals surface area (Å²) in [5.41, 5.74) is 0.144. The highest BCUT2D eigenvalue weighted by Gasteiger charge is 2.28. The van der Waals surface area contributed by atoms with Gasteiger partial charge in [0, 0.05) is 11.8 Å². The molecule has 0 spiro atoms. The van der Waals surface area contributed by atoms with Crippen LogP contribution in [0, 0.1) is 11.2 Å². The number of nitrogens with one attached hydrogen (secondary N) is 1. The lowest BCUT2D eigenvalue weighted by molar-refractivity contribution is -0.146. The van der Waals surface area contributed by atoms with Gasteiger partial charge in [-0.15, -0.1) is 0 Å². The van der Waals surface area contributed by atoms with Crippen molar-refractivity contribution >= 4 is 11.9 Å². The maximum Gasteiger partial charge on any atom is 0.328 e. The number of benzene rings is 1. The van der Waals surface area contributed by atoms with Gasteiger partial charge < -0.3 is 10.1 Å². The van der Waals surface area contributed by atoms with Gasteiger partial charge >= 0.3 is 5.97 Å². The smallest absolute Gasteiger partial charge is 0.328 e. The quantitative estimate of drug-likeness (QED) is 0.860. The first-order valence-corrected chi connectivity index (χ1v) is 6.37. The number of methoxy groups -OCH3 is 1. The first kappa shape index (κ1) is 16.1.